The minimum absolute atomic E-state index is 0.389. The number of carbonyl (C=O) groups is 1. The van der Waals surface area contributed by atoms with Crippen molar-refractivity contribution in [1.29, 1.82) is 0 Å². The van der Waals surface area contributed by atoms with E-state index < -0.39 is 0 Å². The molecule has 1 aromatic rings. The maximum absolute atomic E-state index is 11.4. The lowest BCUT2D eigenvalue weighted by molar-refractivity contribution is -0.835. The molecule has 0 fully saturated rings. The highest BCUT2D eigenvalue weighted by Gasteiger charge is 2.32. The number of benzene rings is 1. The van der Waals surface area contributed by atoms with Crippen molar-refractivity contribution in [2.24, 2.45) is 0 Å². The van der Waals surface area contributed by atoms with Crippen LogP contribution in [0.4, 0.5) is 11.4 Å². The van der Waals surface area contributed by atoms with Crippen LogP contribution in [0, 0.1) is 0 Å². The summed E-state index contributed by atoms with van der Waals surface area (Å²) in [5.41, 5.74) is 3.71. The van der Waals surface area contributed by atoms with Crippen LogP contribution in [0.5, 0.6) is 5.75 Å². The first-order valence-corrected chi connectivity index (χ1v) is 7.41. The first-order valence-electron chi connectivity index (χ1n) is 7.41. The summed E-state index contributed by atoms with van der Waals surface area (Å²) < 4.78 is 12.3. The van der Waals surface area contributed by atoms with Gasteiger partial charge >= 0.3 is 11.7 Å². The van der Waals surface area contributed by atoms with Crippen LogP contribution in [0.15, 0.2) is 42.2 Å². The molecule has 0 aliphatic heterocycles. The Hall–Kier alpha value is -2.64. The number of rotatable bonds is 6. The van der Waals surface area contributed by atoms with Crippen molar-refractivity contribution in [3.63, 3.8) is 0 Å². The number of methoxy groups -OCH3 is 1. The van der Waals surface area contributed by atoms with Gasteiger partial charge in [-0.3, -0.25) is 9.63 Å². The van der Waals surface area contributed by atoms with E-state index in [-0.39, 0.29) is 5.97 Å². The van der Waals surface area contributed by atoms with Crippen LogP contribution in [0.25, 0.3) is 0 Å². The van der Waals surface area contributed by atoms with E-state index in [1.54, 1.807) is 37.6 Å². The van der Waals surface area contributed by atoms with E-state index >= 15 is 0 Å². The van der Waals surface area contributed by atoms with E-state index in [0.29, 0.717) is 35.0 Å². The molecule has 0 spiro atoms. The summed E-state index contributed by atoms with van der Waals surface area (Å²) in [5.74, 6) is 0.693. The maximum Gasteiger partial charge on any atom is 0.324 e. The molecule has 0 atom stereocenters. The molecule has 0 unspecified atom stereocenters. The summed E-state index contributed by atoms with van der Waals surface area (Å²) in [4.78, 5) is 22.1. The van der Waals surface area contributed by atoms with Gasteiger partial charge in [0.25, 0.3) is 11.4 Å². The lowest BCUT2D eigenvalue weighted by Gasteiger charge is -2.12. The lowest BCUT2D eigenvalue weighted by atomic mass is 10.1. The third-order valence-electron chi connectivity index (χ3n) is 3.38. The molecule has 0 aromatic heterocycles. The van der Waals surface area contributed by atoms with Gasteiger partial charge in [0.2, 0.25) is 5.76 Å². The minimum Gasteiger partial charge on any atom is -0.490 e. The molecular formula is C17H22N2O5+2. The van der Waals surface area contributed by atoms with Crippen molar-refractivity contribution in [3.05, 3.63) is 42.2 Å². The largest absolute Gasteiger partial charge is 0.490 e. The zero-order chi connectivity index (χ0) is 17.5. The van der Waals surface area contributed by atoms with Crippen molar-refractivity contribution in [3.8, 4) is 5.75 Å². The lowest BCUT2D eigenvalue weighted by Crippen LogP contribution is -2.76. The topological polar surface area (TPSA) is 73.6 Å². The number of carbonyl (C=O) groups excluding carboxylic acids is 1. The van der Waals surface area contributed by atoms with Crippen molar-refractivity contribution in [1.82, 2.24) is 0 Å². The SMILES string of the molecule is CO[NH2+]c1c(OC)cccc1/[N+](OC)=C1\CC=CC=C1OC(C)=O. The predicted octanol–water partition coefficient (Wildman–Crippen LogP) is 1.50. The number of hydrogen-bond acceptors (Lipinski definition) is 5. The Balaban J connectivity index is 2.60. The van der Waals surface area contributed by atoms with Gasteiger partial charge in [-0.15, -0.1) is 0 Å². The molecule has 1 aliphatic rings. The fourth-order valence-corrected chi connectivity index (χ4v) is 2.44. The molecule has 0 amide bonds. The number of nitrogens with two attached hydrogens (primary N) is 1. The predicted molar refractivity (Wildman–Crippen MR) is 87.1 cm³/mol. The van der Waals surface area contributed by atoms with E-state index in [4.69, 9.17) is 19.1 Å². The average molecular weight is 334 g/mol. The molecule has 0 saturated carbocycles. The van der Waals surface area contributed by atoms with Gasteiger partial charge in [0.05, 0.1) is 20.6 Å². The number of nitrogens with zero attached hydrogens (tertiary/aromatic N) is 1. The van der Waals surface area contributed by atoms with Gasteiger partial charge < -0.3 is 9.47 Å². The van der Waals surface area contributed by atoms with Gasteiger partial charge in [0.1, 0.15) is 7.11 Å². The quantitative estimate of drug-likeness (QED) is 0.369. The summed E-state index contributed by atoms with van der Waals surface area (Å²) in [7, 11) is 4.70. The van der Waals surface area contributed by atoms with Gasteiger partial charge in [-0.2, -0.15) is 5.48 Å². The third kappa shape index (κ3) is 3.81. The number of esters is 1. The van der Waals surface area contributed by atoms with Gasteiger partial charge in [-0.1, -0.05) is 18.2 Å². The molecule has 7 heteroatoms. The monoisotopic (exact) mass is 334 g/mol. The zero-order valence-electron chi connectivity index (χ0n) is 14.2. The third-order valence-corrected chi connectivity index (χ3v) is 3.38. The van der Waals surface area contributed by atoms with E-state index in [1.807, 2.05) is 30.4 Å². The first-order chi connectivity index (χ1) is 11.6. The second-order valence-electron chi connectivity index (χ2n) is 4.93. The van der Waals surface area contributed by atoms with Crippen molar-refractivity contribution < 1.29 is 34.2 Å². The Morgan fingerprint density at radius 1 is 1.25 bits per heavy atom. The number of allylic oxidation sites excluding steroid dienone is 4. The molecule has 0 heterocycles. The highest BCUT2D eigenvalue weighted by molar-refractivity contribution is 5.99. The first kappa shape index (κ1) is 17.7. The molecule has 24 heavy (non-hydrogen) atoms. The molecule has 128 valence electrons. The summed E-state index contributed by atoms with van der Waals surface area (Å²) in [5, 5.41) is 0. The second kappa shape index (κ2) is 8.28. The van der Waals surface area contributed by atoms with E-state index in [2.05, 4.69) is 0 Å². The summed E-state index contributed by atoms with van der Waals surface area (Å²) in [6.45, 7) is 1.36. The Bertz CT molecular complexity index is 707. The normalized spacial score (nSPS) is 15.6. The minimum atomic E-state index is -0.389. The zero-order valence-corrected chi connectivity index (χ0v) is 14.2. The molecule has 0 bridgehead atoms. The smallest absolute Gasteiger partial charge is 0.324 e. The Kier molecular flexibility index (Phi) is 6.11. The van der Waals surface area contributed by atoms with Crippen molar-refractivity contribution in [2.75, 3.05) is 21.3 Å². The van der Waals surface area contributed by atoms with Crippen LogP contribution >= 0.6 is 0 Å². The number of ether oxygens (including phenoxy) is 2. The maximum atomic E-state index is 11.4. The van der Waals surface area contributed by atoms with Crippen LogP contribution in [-0.2, 0) is 19.2 Å². The molecule has 1 aromatic carbocycles. The highest BCUT2D eigenvalue weighted by Crippen LogP contribution is 2.31. The molecular weight excluding hydrogens is 312 g/mol. The van der Waals surface area contributed by atoms with Gasteiger partial charge in [0.15, 0.2) is 5.75 Å². The molecule has 7 nitrogen and oxygen atoms in total. The Morgan fingerprint density at radius 2 is 2.04 bits per heavy atom. The van der Waals surface area contributed by atoms with Crippen molar-refractivity contribution in [2.45, 2.75) is 13.3 Å². The summed E-state index contributed by atoms with van der Waals surface area (Å²) >= 11 is 0. The van der Waals surface area contributed by atoms with Crippen LogP contribution in [0.1, 0.15) is 13.3 Å². The average Bonchev–Trinajstić information content (AvgIpc) is 2.58. The Morgan fingerprint density at radius 3 is 2.67 bits per heavy atom. The van der Waals surface area contributed by atoms with E-state index in [9.17, 15) is 4.79 Å². The highest BCUT2D eigenvalue weighted by atomic mass is 16.7. The fourth-order valence-electron chi connectivity index (χ4n) is 2.44. The van der Waals surface area contributed by atoms with Gasteiger partial charge in [0, 0.05) is 17.7 Å². The molecule has 2 N–H and O–H groups in total. The van der Waals surface area contributed by atoms with Crippen LogP contribution in [0.3, 0.4) is 0 Å². The number of quaternary nitrogens is 1. The van der Waals surface area contributed by atoms with Crippen LogP contribution < -0.4 is 10.2 Å². The van der Waals surface area contributed by atoms with Gasteiger partial charge in [-0.25, -0.2) is 4.84 Å². The molecule has 1 aliphatic carbocycles. The second-order valence-corrected chi connectivity index (χ2v) is 4.93. The van der Waals surface area contributed by atoms with Crippen molar-refractivity contribution >= 4 is 23.1 Å². The van der Waals surface area contributed by atoms with E-state index in [0.717, 1.165) is 0 Å². The standard InChI is InChI=1S/C17H21N2O5/c1-12(20)24-15-10-6-5-8-13(15)19(23-4)14-9-7-11-16(21-2)17(14)18-22-3/h5-7,9-11,18H,8H2,1-4H3/q+1/p+1/b19-13-. The molecule has 0 radical (unpaired) electrons. The molecule has 0 saturated heterocycles. The Labute approximate surface area is 140 Å². The summed E-state index contributed by atoms with van der Waals surface area (Å²) in [6.07, 6.45) is 6.07. The van der Waals surface area contributed by atoms with Gasteiger partial charge in [-0.05, 0) is 12.1 Å². The fraction of sp³-hybridized carbons (Fsp3) is 0.294. The number of hydrogen-bond donors (Lipinski definition) is 1. The van der Waals surface area contributed by atoms with Crippen LogP contribution in [0.2, 0.25) is 0 Å². The molecule has 2 rings (SSSR count). The van der Waals surface area contributed by atoms with E-state index in [1.165, 1.54) is 6.92 Å². The summed E-state index contributed by atoms with van der Waals surface area (Å²) in [6, 6.07) is 5.55. The van der Waals surface area contributed by atoms with Crippen LogP contribution in [-0.4, -0.2) is 37.7 Å².